The number of aromatic amines is 1. The molecule has 21 heavy (non-hydrogen) atoms. The van der Waals surface area contributed by atoms with E-state index in [1.807, 2.05) is 11.4 Å². The van der Waals surface area contributed by atoms with Crippen LogP contribution < -0.4 is 0 Å². The molecule has 2 aromatic rings. The second kappa shape index (κ2) is 5.58. The molecule has 0 unspecified atom stereocenters. The molecule has 0 aromatic carbocycles. The van der Waals surface area contributed by atoms with E-state index in [0.29, 0.717) is 31.1 Å². The highest BCUT2D eigenvalue weighted by Crippen LogP contribution is 2.17. The summed E-state index contributed by atoms with van der Waals surface area (Å²) in [6.07, 6.45) is 1.41. The van der Waals surface area contributed by atoms with Gasteiger partial charge in [0, 0.05) is 26.2 Å². The highest BCUT2D eigenvalue weighted by atomic mass is 32.2. The SMILES string of the molecule is O=C(c1cccs1)N1CCN(S(=O)(=O)c2ccn[nH]2)CC1. The Balaban J connectivity index is 1.67. The molecule has 0 radical (unpaired) electrons. The topological polar surface area (TPSA) is 86.4 Å². The van der Waals surface area contributed by atoms with Crippen molar-refractivity contribution in [3.8, 4) is 0 Å². The summed E-state index contributed by atoms with van der Waals surface area (Å²) in [5.41, 5.74) is 0. The molecule has 1 saturated heterocycles. The number of piperazine rings is 1. The van der Waals surface area contributed by atoms with Crippen LogP contribution in [0.15, 0.2) is 34.8 Å². The van der Waals surface area contributed by atoms with E-state index in [-0.39, 0.29) is 10.9 Å². The molecule has 3 heterocycles. The lowest BCUT2D eigenvalue weighted by atomic mass is 10.3. The average molecular weight is 326 g/mol. The number of sulfonamides is 1. The van der Waals surface area contributed by atoms with Gasteiger partial charge in [-0.1, -0.05) is 6.07 Å². The minimum absolute atomic E-state index is 0.0383. The standard InChI is InChI=1S/C12H14N4O3S2/c17-12(10-2-1-9-20-10)15-5-7-16(8-6-15)21(18,19)11-3-4-13-14-11/h1-4,9H,5-8H2,(H,13,14). The predicted molar refractivity (Wildman–Crippen MR) is 77.6 cm³/mol. The maximum absolute atomic E-state index is 12.3. The summed E-state index contributed by atoms with van der Waals surface area (Å²) < 4.78 is 26.0. The van der Waals surface area contributed by atoms with Gasteiger partial charge in [-0.3, -0.25) is 9.89 Å². The van der Waals surface area contributed by atoms with Crippen molar-refractivity contribution in [3.63, 3.8) is 0 Å². The molecule has 0 saturated carbocycles. The Morgan fingerprint density at radius 1 is 1.24 bits per heavy atom. The number of carbonyl (C=O) groups is 1. The van der Waals surface area contributed by atoms with Gasteiger partial charge in [0.15, 0.2) is 5.03 Å². The first kappa shape index (κ1) is 14.2. The van der Waals surface area contributed by atoms with Gasteiger partial charge >= 0.3 is 0 Å². The van der Waals surface area contributed by atoms with E-state index in [0.717, 1.165) is 0 Å². The van der Waals surface area contributed by atoms with Crippen LogP contribution in [0.1, 0.15) is 9.67 Å². The molecule has 1 aliphatic heterocycles. The number of H-pyrrole nitrogens is 1. The van der Waals surface area contributed by atoms with Crippen molar-refractivity contribution in [1.82, 2.24) is 19.4 Å². The number of hydrogen-bond acceptors (Lipinski definition) is 5. The fourth-order valence-electron chi connectivity index (χ4n) is 2.21. The van der Waals surface area contributed by atoms with Crippen molar-refractivity contribution in [2.45, 2.75) is 5.03 Å². The number of thiophene rings is 1. The zero-order chi connectivity index (χ0) is 14.9. The zero-order valence-electron chi connectivity index (χ0n) is 11.1. The molecular weight excluding hydrogens is 312 g/mol. The number of hydrogen-bond donors (Lipinski definition) is 1. The van der Waals surface area contributed by atoms with Gasteiger partial charge in [-0.05, 0) is 17.5 Å². The van der Waals surface area contributed by atoms with Gasteiger partial charge in [0.2, 0.25) is 0 Å². The molecule has 112 valence electrons. The number of amides is 1. The van der Waals surface area contributed by atoms with Gasteiger partial charge in [-0.2, -0.15) is 9.40 Å². The fraction of sp³-hybridized carbons (Fsp3) is 0.333. The quantitative estimate of drug-likeness (QED) is 0.896. The minimum atomic E-state index is -3.54. The number of carbonyl (C=O) groups excluding carboxylic acids is 1. The molecule has 7 nitrogen and oxygen atoms in total. The van der Waals surface area contributed by atoms with Gasteiger partial charge in [0.1, 0.15) is 0 Å². The van der Waals surface area contributed by atoms with Gasteiger partial charge in [0.25, 0.3) is 15.9 Å². The van der Waals surface area contributed by atoms with Gasteiger partial charge < -0.3 is 4.90 Å². The van der Waals surface area contributed by atoms with E-state index in [9.17, 15) is 13.2 Å². The Hall–Kier alpha value is -1.71. The van der Waals surface area contributed by atoms with Crippen LogP contribution in [0.3, 0.4) is 0 Å². The monoisotopic (exact) mass is 326 g/mol. The van der Waals surface area contributed by atoms with Crippen molar-refractivity contribution >= 4 is 27.3 Å². The van der Waals surface area contributed by atoms with Crippen LogP contribution in [-0.4, -0.2) is 59.9 Å². The summed E-state index contributed by atoms with van der Waals surface area (Å²) in [6.45, 7) is 1.37. The van der Waals surface area contributed by atoms with Crippen molar-refractivity contribution in [2.75, 3.05) is 26.2 Å². The van der Waals surface area contributed by atoms with Crippen LogP contribution in [0.2, 0.25) is 0 Å². The van der Waals surface area contributed by atoms with E-state index < -0.39 is 10.0 Å². The van der Waals surface area contributed by atoms with Crippen LogP contribution in [-0.2, 0) is 10.0 Å². The summed E-state index contributed by atoms with van der Waals surface area (Å²) in [5, 5.41) is 8.08. The Kier molecular flexibility index (Phi) is 3.79. The first-order valence-corrected chi connectivity index (χ1v) is 8.73. The van der Waals surface area contributed by atoms with E-state index in [2.05, 4.69) is 10.2 Å². The predicted octanol–water partition coefficient (Wildman–Crippen LogP) is 0.618. The Morgan fingerprint density at radius 2 is 2.00 bits per heavy atom. The van der Waals surface area contributed by atoms with Gasteiger partial charge in [-0.15, -0.1) is 11.3 Å². The molecule has 2 aromatic heterocycles. The van der Waals surface area contributed by atoms with E-state index in [4.69, 9.17) is 0 Å². The molecule has 3 rings (SSSR count). The number of rotatable bonds is 3. The molecule has 1 aliphatic rings. The van der Waals surface area contributed by atoms with Crippen LogP contribution in [0.5, 0.6) is 0 Å². The zero-order valence-corrected chi connectivity index (χ0v) is 12.7. The van der Waals surface area contributed by atoms with Crippen molar-refractivity contribution in [3.05, 3.63) is 34.7 Å². The molecule has 0 atom stereocenters. The van der Waals surface area contributed by atoms with Crippen LogP contribution >= 0.6 is 11.3 Å². The lowest BCUT2D eigenvalue weighted by Gasteiger charge is -2.33. The Morgan fingerprint density at radius 3 is 2.57 bits per heavy atom. The molecule has 1 N–H and O–H groups in total. The number of aromatic nitrogens is 2. The van der Waals surface area contributed by atoms with E-state index in [1.54, 1.807) is 11.0 Å². The second-order valence-electron chi connectivity index (χ2n) is 4.59. The second-order valence-corrected chi connectivity index (χ2v) is 7.45. The van der Waals surface area contributed by atoms with Crippen LogP contribution in [0, 0.1) is 0 Å². The maximum Gasteiger partial charge on any atom is 0.264 e. The molecule has 1 amide bonds. The normalized spacial score (nSPS) is 17.0. The lowest BCUT2D eigenvalue weighted by molar-refractivity contribution is 0.0702. The lowest BCUT2D eigenvalue weighted by Crippen LogP contribution is -2.50. The fourth-order valence-corrected chi connectivity index (χ4v) is 4.23. The third-order valence-electron chi connectivity index (χ3n) is 3.35. The first-order chi connectivity index (χ1) is 10.1. The molecular formula is C12H14N4O3S2. The molecule has 0 bridgehead atoms. The summed E-state index contributed by atoms with van der Waals surface area (Å²) in [7, 11) is -3.54. The smallest absolute Gasteiger partial charge is 0.264 e. The Labute approximate surface area is 126 Å². The van der Waals surface area contributed by atoms with Crippen molar-refractivity contribution in [2.24, 2.45) is 0 Å². The molecule has 0 spiro atoms. The summed E-state index contributed by atoms with van der Waals surface area (Å²) in [5.74, 6) is -0.0383. The van der Waals surface area contributed by atoms with Crippen LogP contribution in [0.25, 0.3) is 0 Å². The third-order valence-corrected chi connectivity index (χ3v) is 6.04. The molecule has 9 heteroatoms. The molecule has 1 fully saturated rings. The van der Waals surface area contributed by atoms with Crippen molar-refractivity contribution < 1.29 is 13.2 Å². The van der Waals surface area contributed by atoms with Gasteiger partial charge in [-0.25, -0.2) is 8.42 Å². The first-order valence-electron chi connectivity index (χ1n) is 6.41. The maximum atomic E-state index is 12.3. The summed E-state index contributed by atoms with van der Waals surface area (Å²) >= 11 is 1.39. The highest BCUT2D eigenvalue weighted by molar-refractivity contribution is 7.89. The summed E-state index contributed by atoms with van der Waals surface area (Å²) in [6, 6.07) is 5.04. The van der Waals surface area contributed by atoms with Crippen molar-refractivity contribution in [1.29, 1.82) is 0 Å². The van der Waals surface area contributed by atoms with E-state index in [1.165, 1.54) is 27.9 Å². The third kappa shape index (κ3) is 2.71. The average Bonchev–Trinajstić information content (AvgIpc) is 3.19. The van der Waals surface area contributed by atoms with E-state index >= 15 is 0 Å². The highest BCUT2D eigenvalue weighted by Gasteiger charge is 2.31. The summed E-state index contributed by atoms with van der Waals surface area (Å²) in [4.78, 5) is 14.6. The number of nitrogens with zero attached hydrogens (tertiary/aromatic N) is 3. The largest absolute Gasteiger partial charge is 0.335 e. The van der Waals surface area contributed by atoms with Gasteiger partial charge in [0.05, 0.1) is 11.1 Å². The van der Waals surface area contributed by atoms with Crippen LogP contribution in [0.4, 0.5) is 0 Å². The Bertz CT molecular complexity index is 702. The number of nitrogens with one attached hydrogen (secondary N) is 1. The minimum Gasteiger partial charge on any atom is -0.335 e. The molecule has 0 aliphatic carbocycles.